The number of thioether (sulfide) groups is 1. The van der Waals surface area contributed by atoms with Crippen molar-refractivity contribution in [2.75, 3.05) is 11.1 Å². The minimum atomic E-state index is -0.746. The van der Waals surface area contributed by atoms with Crippen LogP contribution in [0.1, 0.15) is 18.6 Å². The molecule has 7 nitrogen and oxygen atoms in total. The summed E-state index contributed by atoms with van der Waals surface area (Å²) in [5.74, 6) is -1.28. The van der Waals surface area contributed by atoms with Gasteiger partial charge in [0.05, 0.1) is 50.2 Å². The average molecular weight is 463 g/mol. The summed E-state index contributed by atoms with van der Waals surface area (Å²) in [6.07, 6.45) is 1.46. The van der Waals surface area contributed by atoms with Gasteiger partial charge in [0.15, 0.2) is 0 Å². The topological polar surface area (TPSA) is 121 Å². The maximum atomic E-state index is 12.4. The normalized spacial score (nSPS) is 16.1. The Morgan fingerprint density at radius 2 is 2.10 bits per heavy atom. The van der Waals surface area contributed by atoms with Crippen molar-refractivity contribution in [3.8, 4) is 6.07 Å². The molecule has 4 N–H and O–H groups in total. The average Bonchev–Trinajstić information content (AvgIpc) is 3.22. The zero-order chi connectivity index (χ0) is 21.8. The Kier molecular flexibility index (Phi) is 6.77. The molecule has 1 atom stereocenters. The maximum Gasteiger partial charge on any atom is 0.247 e. The van der Waals surface area contributed by atoms with Crippen LogP contribution in [0.25, 0.3) is 0 Å². The summed E-state index contributed by atoms with van der Waals surface area (Å²) < 4.78 is 5.44. The van der Waals surface area contributed by atoms with E-state index in [0.717, 1.165) is 11.8 Å². The molecule has 2 amide bonds. The minimum absolute atomic E-state index is 0.0117. The molecule has 154 valence electrons. The molecule has 30 heavy (non-hydrogen) atoms. The number of carbonyl (C=O) groups excluding carboxylic acids is 2. The molecule has 2 heterocycles. The van der Waals surface area contributed by atoms with Gasteiger partial charge in [-0.3, -0.25) is 9.59 Å². The summed E-state index contributed by atoms with van der Waals surface area (Å²) in [6.45, 7) is 1.68. The number of amides is 2. The van der Waals surface area contributed by atoms with Gasteiger partial charge in [-0.25, -0.2) is 0 Å². The molecule has 0 fully saturated rings. The number of allylic oxidation sites excluding steroid dienone is 2. The van der Waals surface area contributed by atoms with Crippen molar-refractivity contribution in [3.63, 3.8) is 0 Å². The first-order chi connectivity index (χ1) is 14.3. The van der Waals surface area contributed by atoms with Gasteiger partial charge in [0, 0.05) is 11.4 Å². The first-order valence-electron chi connectivity index (χ1n) is 8.64. The van der Waals surface area contributed by atoms with Crippen molar-refractivity contribution < 1.29 is 14.0 Å². The highest BCUT2D eigenvalue weighted by molar-refractivity contribution is 8.03. The van der Waals surface area contributed by atoms with Gasteiger partial charge >= 0.3 is 0 Å². The van der Waals surface area contributed by atoms with Gasteiger partial charge in [-0.05, 0) is 37.3 Å². The van der Waals surface area contributed by atoms with Crippen molar-refractivity contribution in [1.29, 1.82) is 5.26 Å². The molecule has 3 rings (SSSR count). The van der Waals surface area contributed by atoms with Crippen LogP contribution in [-0.4, -0.2) is 17.6 Å². The molecule has 1 unspecified atom stereocenters. The fourth-order valence-corrected chi connectivity index (χ4v) is 4.19. The van der Waals surface area contributed by atoms with E-state index in [-0.39, 0.29) is 22.8 Å². The number of nitrogens with one attached hydrogen (secondary N) is 2. The third-order valence-electron chi connectivity index (χ3n) is 4.29. The molecule has 0 radical (unpaired) electrons. The second kappa shape index (κ2) is 9.30. The maximum absolute atomic E-state index is 12.4. The molecule has 1 aliphatic heterocycles. The Hall–Kier alpha value is -2.86. The Labute approximate surface area is 186 Å². The highest BCUT2D eigenvalue weighted by Gasteiger charge is 2.35. The molecule has 0 saturated heterocycles. The van der Waals surface area contributed by atoms with Crippen molar-refractivity contribution >= 4 is 52.5 Å². The number of primary amides is 1. The zero-order valence-corrected chi connectivity index (χ0v) is 18.0. The molecule has 0 saturated carbocycles. The number of halogens is 2. The molecular weight excluding hydrogens is 447 g/mol. The quantitative estimate of drug-likeness (QED) is 0.592. The van der Waals surface area contributed by atoms with Gasteiger partial charge in [0.25, 0.3) is 0 Å². The summed E-state index contributed by atoms with van der Waals surface area (Å²) >= 11 is 13.0. The molecule has 0 bridgehead atoms. The lowest BCUT2D eigenvalue weighted by Gasteiger charge is -2.27. The minimum Gasteiger partial charge on any atom is -0.468 e. The van der Waals surface area contributed by atoms with Crippen molar-refractivity contribution in [3.05, 3.63) is 74.3 Å². The fraction of sp³-hybridized carbons (Fsp3) is 0.150. The molecule has 2 aromatic rings. The van der Waals surface area contributed by atoms with Crippen molar-refractivity contribution in [1.82, 2.24) is 5.32 Å². The number of benzene rings is 1. The first kappa shape index (κ1) is 21.8. The van der Waals surface area contributed by atoms with E-state index in [2.05, 4.69) is 16.7 Å². The van der Waals surface area contributed by atoms with Crippen LogP contribution in [0, 0.1) is 11.3 Å². The standard InChI is InChI=1S/C20H16Cl2N4O3S/c1-10-17(19(24)28)18(15-3-2-6-29-15)12(8-23)20(25-10)30-9-16(27)26-11-4-5-13(21)14(22)7-11/h2-7,18,25H,9H2,1H3,(H2,24,28)(H,26,27). The first-order valence-corrected chi connectivity index (χ1v) is 10.4. The number of hydrogen-bond donors (Lipinski definition) is 3. The number of rotatable bonds is 6. The summed E-state index contributed by atoms with van der Waals surface area (Å²) in [5, 5.41) is 16.7. The van der Waals surface area contributed by atoms with Gasteiger partial charge in [0.2, 0.25) is 11.8 Å². The van der Waals surface area contributed by atoms with E-state index in [1.165, 1.54) is 6.26 Å². The van der Waals surface area contributed by atoms with Crippen LogP contribution in [0.4, 0.5) is 5.69 Å². The summed E-state index contributed by atoms with van der Waals surface area (Å²) in [5.41, 5.74) is 7.03. The smallest absolute Gasteiger partial charge is 0.247 e. The van der Waals surface area contributed by atoms with Crippen LogP contribution in [-0.2, 0) is 9.59 Å². The predicted octanol–water partition coefficient (Wildman–Crippen LogP) is 4.14. The van der Waals surface area contributed by atoms with Crippen LogP contribution < -0.4 is 16.4 Å². The van der Waals surface area contributed by atoms with Crippen molar-refractivity contribution in [2.45, 2.75) is 12.8 Å². The molecule has 10 heteroatoms. The number of carbonyl (C=O) groups is 2. The predicted molar refractivity (Wildman–Crippen MR) is 117 cm³/mol. The van der Waals surface area contributed by atoms with Crippen LogP contribution >= 0.6 is 35.0 Å². The molecule has 1 aromatic carbocycles. The van der Waals surface area contributed by atoms with E-state index >= 15 is 0 Å². The molecule has 1 aromatic heterocycles. The second-order valence-electron chi connectivity index (χ2n) is 6.30. The van der Waals surface area contributed by atoms with Crippen LogP contribution in [0.2, 0.25) is 10.0 Å². The van der Waals surface area contributed by atoms with Gasteiger partial charge < -0.3 is 20.8 Å². The van der Waals surface area contributed by atoms with Crippen molar-refractivity contribution in [2.24, 2.45) is 5.73 Å². The monoisotopic (exact) mass is 462 g/mol. The van der Waals surface area contributed by atoms with Crippen LogP contribution in [0.3, 0.4) is 0 Å². The van der Waals surface area contributed by atoms with Gasteiger partial charge in [-0.2, -0.15) is 5.26 Å². The largest absolute Gasteiger partial charge is 0.468 e. The second-order valence-corrected chi connectivity index (χ2v) is 8.10. The highest BCUT2D eigenvalue weighted by Crippen LogP contribution is 2.40. The van der Waals surface area contributed by atoms with E-state index < -0.39 is 11.8 Å². The fourth-order valence-electron chi connectivity index (χ4n) is 3.00. The summed E-state index contributed by atoms with van der Waals surface area (Å²) in [7, 11) is 0. The molecule has 0 aliphatic carbocycles. The summed E-state index contributed by atoms with van der Waals surface area (Å²) in [4.78, 5) is 24.4. The van der Waals surface area contributed by atoms with Crippen LogP contribution in [0.15, 0.2) is 62.9 Å². The third-order valence-corrected chi connectivity index (χ3v) is 6.05. The van der Waals surface area contributed by atoms with E-state index in [1.807, 2.05) is 0 Å². The zero-order valence-electron chi connectivity index (χ0n) is 15.7. The number of dihydropyridines is 1. The van der Waals surface area contributed by atoms with Crippen LogP contribution in [0.5, 0.6) is 0 Å². The van der Waals surface area contributed by atoms with Gasteiger partial charge in [0.1, 0.15) is 5.76 Å². The highest BCUT2D eigenvalue weighted by atomic mass is 35.5. The van der Waals surface area contributed by atoms with E-state index in [1.54, 1.807) is 37.3 Å². The molecule has 0 spiro atoms. The number of nitrogens with zero attached hydrogens (tertiary/aromatic N) is 1. The number of nitriles is 1. The van der Waals surface area contributed by atoms with E-state index in [9.17, 15) is 14.9 Å². The molecule has 1 aliphatic rings. The number of furan rings is 1. The number of hydrogen-bond acceptors (Lipinski definition) is 6. The number of anilines is 1. The van der Waals surface area contributed by atoms with E-state index in [0.29, 0.717) is 32.2 Å². The summed E-state index contributed by atoms with van der Waals surface area (Å²) in [6, 6.07) is 10.2. The van der Waals surface area contributed by atoms with Gasteiger partial charge in [-0.15, -0.1) is 0 Å². The lowest BCUT2D eigenvalue weighted by Crippen LogP contribution is -2.31. The Balaban J connectivity index is 1.81. The number of nitrogens with two attached hydrogens (primary N) is 1. The Morgan fingerprint density at radius 3 is 2.70 bits per heavy atom. The van der Waals surface area contributed by atoms with Gasteiger partial charge in [-0.1, -0.05) is 35.0 Å². The Morgan fingerprint density at radius 1 is 1.33 bits per heavy atom. The molecular formula is C20H16Cl2N4O3S. The lowest BCUT2D eigenvalue weighted by atomic mass is 9.86. The van der Waals surface area contributed by atoms with E-state index in [4.69, 9.17) is 33.4 Å². The Bertz CT molecular complexity index is 1100. The third kappa shape index (κ3) is 4.65. The lowest BCUT2D eigenvalue weighted by molar-refractivity contribution is -0.115. The SMILES string of the molecule is CC1=C(C(N)=O)C(c2ccco2)C(C#N)=C(SCC(=O)Nc2ccc(Cl)c(Cl)c2)N1.